The quantitative estimate of drug-likeness (QED) is 0.517. The zero-order valence-electron chi connectivity index (χ0n) is 15.9. The van der Waals surface area contributed by atoms with Gasteiger partial charge in [-0.1, -0.05) is 35.5 Å². The minimum Gasteiger partial charge on any atom is -0.493 e. The molecule has 1 heterocycles. The Bertz CT molecular complexity index is 789. The first-order valence-electron chi connectivity index (χ1n) is 9.12. The van der Waals surface area contributed by atoms with E-state index in [9.17, 15) is 4.79 Å². The third-order valence-corrected chi connectivity index (χ3v) is 4.25. The molecule has 0 bridgehead atoms. The van der Waals surface area contributed by atoms with Crippen molar-refractivity contribution in [3.05, 3.63) is 59.7 Å². The number of hydrogen-bond donors (Lipinski definition) is 0. The number of rotatable bonds is 8. The van der Waals surface area contributed by atoms with E-state index in [1.165, 1.54) is 0 Å². The number of methoxy groups -OCH3 is 1. The van der Waals surface area contributed by atoms with E-state index in [1.807, 2.05) is 36.4 Å². The van der Waals surface area contributed by atoms with Gasteiger partial charge >= 0.3 is 0 Å². The van der Waals surface area contributed by atoms with Crippen molar-refractivity contribution in [3.8, 4) is 11.5 Å². The summed E-state index contributed by atoms with van der Waals surface area (Å²) in [5, 5.41) is 3.98. The van der Waals surface area contributed by atoms with Crippen LogP contribution >= 0.6 is 0 Å². The summed E-state index contributed by atoms with van der Waals surface area (Å²) in [4.78, 5) is 19.2. The fraction of sp³-hybridized carbons (Fsp3) is 0.333. The second kappa shape index (κ2) is 10.3. The Morgan fingerprint density at radius 3 is 2.68 bits per heavy atom. The van der Waals surface area contributed by atoms with Gasteiger partial charge < -0.3 is 23.9 Å². The number of morpholine rings is 1. The van der Waals surface area contributed by atoms with Gasteiger partial charge in [-0.15, -0.1) is 0 Å². The molecule has 0 aromatic heterocycles. The van der Waals surface area contributed by atoms with Crippen LogP contribution in [0.1, 0.15) is 11.1 Å². The van der Waals surface area contributed by atoms with Crippen LogP contribution in [-0.2, 0) is 21.0 Å². The summed E-state index contributed by atoms with van der Waals surface area (Å²) >= 11 is 0. The average Bonchev–Trinajstić information content (AvgIpc) is 2.76. The van der Waals surface area contributed by atoms with E-state index in [2.05, 4.69) is 5.16 Å². The molecule has 1 saturated heterocycles. The SMILES string of the molecule is COc1cc(/C=N/OCc2ccccc2)ccc1OCC(=O)N1CCOCC1. The standard InChI is InChI=1S/C21H24N2O5/c1-25-20-13-18(14-22-28-15-17-5-3-2-4-6-17)7-8-19(20)27-16-21(24)23-9-11-26-12-10-23/h2-8,13-14H,9-12,15-16H2,1H3/b22-14+. The minimum absolute atomic E-state index is 0.0377. The van der Waals surface area contributed by atoms with E-state index in [0.717, 1.165) is 11.1 Å². The average molecular weight is 384 g/mol. The monoisotopic (exact) mass is 384 g/mol. The fourth-order valence-corrected chi connectivity index (χ4v) is 2.71. The molecule has 1 fully saturated rings. The third-order valence-electron chi connectivity index (χ3n) is 4.25. The van der Waals surface area contributed by atoms with E-state index in [1.54, 1.807) is 30.4 Å². The van der Waals surface area contributed by atoms with E-state index >= 15 is 0 Å². The van der Waals surface area contributed by atoms with Gasteiger partial charge in [0.15, 0.2) is 18.1 Å². The molecule has 0 spiro atoms. The largest absolute Gasteiger partial charge is 0.493 e. The van der Waals surface area contributed by atoms with Crippen molar-refractivity contribution in [1.29, 1.82) is 0 Å². The highest BCUT2D eigenvalue weighted by Gasteiger charge is 2.18. The summed E-state index contributed by atoms with van der Waals surface area (Å²) in [7, 11) is 1.55. The van der Waals surface area contributed by atoms with Crippen molar-refractivity contribution < 1.29 is 23.8 Å². The molecule has 0 N–H and O–H groups in total. The first-order chi connectivity index (χ1) is 13.8. The van der Waals surface area contributed by atoms with Crippen LogP contribution in [0.25, 0.3) is 0 Å². The lowest BCUT2D eigenvalue weighted by molar-refractivity contribution is -0.137. The molecule has 1 aliphatic rings. The second-order valence-electron chi connectivity index (χ2n) is 6.19. The van der Waals surface area contributed by atoms with Crippen LogP contribution in [0.5, 0.6) is 11.5 Å². The van der Waals surface area contributed by atoms with E-state index in [4.69, 9.17) is 19.0 Å². The zero-order chi connectivity index (χ0) is 19.6. The predicted octanol–water partition coefficient (Wildman–Crippen LogP) is 2.48. The lowest BCUT2D eigenvalue weighted by Crippen LogP contribution is -2.43. The zero-order valence-corrected chi connectivity index (χ0v) is 15.9. The Kier molecular flexibility index (Phi) is 7.26. The molecule has 0 radical (unpaired) electrons. The first kappa shape index (κ1) is 19.7. The molecule has 148 valence electrons. The third kappa shape index (κ3) is 5.72. The molecular weight excluding hydrogens is 360 g/mol. The molecule has 1 amide bonds. The van der Waals surface area contributed by atoms with Crippen LogP contribution in [0.4, 0.5) is 0 Å². The highest BCUT2D eigenvalue weighted by Crippen LogP contribution is 2.27. The lowest BCUT2D eigenvalue weighted by atomic mass is 10.2. The van der Waals surface area contributed by atoms with Crippen molar-refractivity contribution >= 4 is 12.1 Å². The maximum atomic E-state index is 12.2. The molecular formula is C21H24N2O5. The molecule has 0 aliphatic carbocycles. The lowest BCUT2D eigenvalue weighted by Gasteiger charge is -2.26. The maximum Gasteiger partial charge on any atom is 0.260 e. The minimum atomic E-state index is -0.0645. The number of hydrogen-bond acceptors (Lipinski definition) is 6. The summed E-state index contributed by atoms with van der Waals surface area (Å²) < 4.78 is 16.3. The van der Waals surface area contributed by atoms with Crippen molar-refractivity contribution in [2.24, 2.45) is 5.16 Å². The van der Waals surface area contributed by atoms with E-state index in [0.29, 0.717) is 44.4 Å². The van der Waals surface area contributed by atoms with Crippen molar-refractivity contribution in [3.63, 3.8) is 0 Å². The number of oxime groups is 1. The molecule has 2 aromatic carbocycles. The Balaban J connectivity index is 1.52. The smallest absolute Gasteiger partial charge is 0.260 e. The van der Waals surface area contributed by atoms with Crippen LogP contribution in [0.2, 0.25) is 0 Å². The molecule has 0 unspecified atom stereocenters. The van der Waals surface area contributed by atoms with Gasteiger partial charge in [-0.25, -0.2) is 0 Å². The number of ether oxygens (including phenoxy) is 3. The number of benzene rings is 2. The van der Waals surface area contributed by atoms with Crippen LogP contribution in [0.3, 0.4) is 0 Å². The van der Waals surface area contributed by atoms with Crippen molar-refractivity contribution in [2.75, 3.05) is 40.0 Å². The highest BCUT2D eigenvalue weighted by atomic mass is 16.6. The number of nitrogens with zero attached hydrogens (tertiary/aromatic N) is 2. The summed E-state index contributed by atoms with van der Waals surface area (Å²) in [5.41, 5.74) is 1.85. The molecule has 0 atom stereocenters. The summed E-state index contributed by atoms with van der Waals surface area (Å²) in [6.07, 6.45) is 1.61. The molecule has 0 saturated carbocycles. The number of carbonyl (C=O) groups is 1. The molecule has 7 nitrogen and oxygen atoms in total. The Hall–Kier alpha value is -3.06. The topological polar surface area (TPSA) is 69.6 Å². The Morgan fingerprint density at radius 1 is 1.14 bits per heavy atom. The van der Waals surface area contributed by atoms with Gasteiger partial charge in [0, 0.05) is 18.7 Å². The Labute approximate surface area is 164 Å². The molecule has 1 aliphatic heterocycles. The summed E-state index contributed by atoms with van der Waals surface area (Å²) in [5.74, 6) is 0.971. The number of amides is 1. The molecule has 28 heavy (non-hydrogen) atoms. The van der Waals surface area contributed by atoms with Crippen molar-refractivity contribution in [1.82, 2.24) is 4.90 Å². The van der Waals surface area contributed by atoms with Crippen LogP contribution in [0.15, 0.2) is 53.7 Å². The van der Waals surface area contributed by atoms with Gasteiger partial charge in [-0.2, -0.15) is 0 Å². The maximum absolute atomic E-state index is 12.2. The summed E-state index contributed by atoms with van der Waals surface area (Å²) in [6, 6.07) is 15.2. The fourth-order valence-electron chi connectivity index (χ4n) is 2.71. The van der Waals surface area contributed by atoms with E-state index in [-0.39, 0.29) is 12.5 Å². The van der Waals surface area contributed by atoms with Gasteiger partial charge in [0.05, 0.1) is 26.5 Å². The first-order valence-corrected chi connectivity index (χ1v) is 9.12. The highest BCUT2D eigenvalue weighted by molar-refractivity contribution is 5.81. The molecule has 3 rings (SSSR count). The van der Waals surface area contributed by atoms with Gasteiger partial charge in [-0.05, 0) is 23.8 Å². The van der Waals surface area contributed by atoms with Gasteiger partial charge in [-0.3, -0.25) is 4.79 Å². The second-order valence-corrected chi connectivity index (χ2v) is 6.19. The Morgan fingerprint density at radius 2 is 1.93 bits per heavy atom. The van der Waals surface area contributed by atoms with Crippen LogP contribution in [0, 0.1) is 0 Å². The molecule has 7 heteroatoms. The summed E-state index contributed by atoms with van der Waals surface area (Å²) in [6.45, 7) is 2.68. The predicted molar refractivity (Wildman–Crippen MR) is 105 cm³/mol. The van der Waals surface area contributed by atoms with Gasteiger partial charge in [0.2, 0.25) is 0 Å². The van der Waals surface area contributed by atoms with Crippen LogP contribution in [-0.4, -0.2) is 57.0 Å². The molecule has 2 aromatic rings. The van der Waals surface area contributed by atoms with E-state index < -0.39 is 0 Å². The van der Waals surface area contributed by atoms with Crippen LogP contribution < -0.4 is 9.47 Å². The number of carbonyl (C=O) groups excluding carboxylic acids is 1. The van der Waals surface area contributed by atoms with Gasteiger partial charge in [0.25, 0.3) is 5.91 Å². The van der Waals surface area contributed by atoms with Crippen molar-refractivity contribution in [2.45, 2.75) is 6.61 Å². The normalized spacial score (nSPS) is 14.1. The van der Waals surface area contributed by atoms with Gasteiger partial charge in [0.1, 0.15) is 6.61 Å².